The van der Waals surface area contributed by atoms with E-state index in [2.05, 4.69) is 9.88 Å². The molecule has 2 aliphatic rings. The Labute approximate surface area is 199 Å². The van der Waals surface area contributed by atoms with Crippen LogP contribution < -0.4 is 5.76 Å². The third-order valence-electron chi connectivity index (χ3n) is 6.68. The van der Waals surface area contributed by atoms with Crippen LogP contribution in [0.2, 0.25) is 0 Å². The van der Waals surface area contributed by atoms with Gasteiger partial charge in [0.25, 0.3) is 0 Å². The predicted molar refractivity (Wildman–Crippen MR) is 127 cm³/mol. The molecule has 0 spiro atoms. The van der Waals surface area contributed by atoms with E-state index in [-0.39, 0.29) is 17.8 Å². The van der Waals surface area contributed by atoms with E-state index in [0.717, 1.165) is 52.4 Å². The highest BCUT2D eigenvalue weighted by Crippen LogP contribution is 2.33. The number of benzene rings is 2. The lowest BCUT2D eigenvalue weighted by Gasteiger charge is -2.33. The predicted octanol–water partition coefficient (Wildman–Crippen LogP) is 3.81. The second kappa shape index (κ2) is 8.19. The van der Waals surface area contributed by atoms with Crippen LogP contribution in [0.15, 0.2) is 45.7 Å². The van der Waals surface area contributed by atoms with E-state index in [9.17, 15) is 9.59 Å². The van der Waals surface area contributed by atoms with Crippen molar-refractivity contribution in [3.05, 3.63) is 74.2 Å². The van der Waals surface area contributed by atoms with Gasteiger partial charge in [0.2, 0.25) is 0 Å². The monoisotopic (exact) mass is 477 g/mol. The number of ether oxygens (including phenoxy) is 2. The normalized spacial score (nSPS) is 18.4. The first-order chi connectivity index (χ1) is 16.5. The molecule has 0 radical (unpaired) electrons. The van der Waals surface area contributed by atoms with E-state index < -0.39 is 0 Å². The lowest BCUT2D eigenvalue weighted by Crippen LogP contribution is -2.37. The van der Waals surface area contributed by atoms with Crippen molar-refractivity contribution in [1.82, 2.24) is 14.5 Å². The molecule has 2 aromatic heterocycles. The number of aromatic nitrogens is 2. The van der Waals surface area contributed by atoms with Gasteiger partial charge in [0.1, 0.15) is 11.6 Å². The van der Waals surface area contributed by atoms with Crippen LogP contribution >= 0.6 is 11.3 Å². The average Bonchev–Trinajstić information content (AvgIpc) is 3.53. The minimum atomic E-state index is -0.369. The van der Waals surface area contributed by atoms with Crippen LogP contribution in [-0.2, 0) is 29.7 Å². The number of thiazole rings is 1. The number of esters is 1. The molecule has 0 N–H and O–H groups in total. The first kappa shape index (κ1) is 21.3. The zero-order chi connectivity index (χ0) is 23.4. The van der Waals surface area contributed by atoms with Gasteiger partial charge in [0, 0.05) is 48.9 Å². The van der Waals surface area contributed by atoms with Crippen molar-refractivity contribution in [2.24, 2.45) is 7.05 Å². The van der Waals surface area contributed by atoms with E-state index >= 15 is 0 Å². The van der Waals surface area contributed by atoms with Crippen LogP contribution in [0.5, 0.6) is 0 Å². The summed E-state index contributed by atoms with van der Waals surface area (Å²) in [6.07, 6.45) is 1.87. The Balaban J connectivity index is 1.19. The van der Waals surface area contributed by atoms with Crippen molar-refractivity contribution in [1.29, 1.82) is 0 Å². The lowest BCUT2D eigenvalue weighted by molar-refractivity contribution is -0.0329. The SMILES string of the molecule is Cc1c(C2CN(Cc3cnc(-c4ccc5oc(=O)n(C)c5c4)s3)CCO2)ccc2c1COC2=O. The molecule has 1 atom stereocenters. The van der Waals surface area contributed by atoms with E-state index in [0.29, 0.717) is 24.4 Å². The largest absolute Gasteiger partial charge is 0.457 e. The zero-order valence-corrected chi connectivity index (χ0v) is 19.7. The molecular formula is C25H23N3O5S. The maximum absolute atomic E-state index is 11.9. The molecule has 4 aromatic rings. The summed E-state index contributed by atoms with van der Waals surface area (Å²) >= 11 is 1.65. The maximum Gasteiger partial charge on any atom is 0.419 e. The molecular weight excluding hydrogens is 454 g/mol. The standard InChI is InChI=1S/C25H23N3O5S/c1-14-17(4-5-18-19(14)13-32-24(18)29)22-12-28(7-8-31-22)11-16-10-26-23(34-16)15-3-6-21-20(9-15)27(2)25(30)33-21/h3-6,9-10,22H,7-8,11-13H2,1-2H3. The molecule has 34 heavy (non-hydrogen) atoms. The Kier molecular flexibility index (Phi) is 5.13. The molecule has 2 aromatic carbocycles. The Hall–Kier alpha value is -3.27. The second-order valence-corrected chi connectivity index (χ2v) is 9.83. The first-order valence-corrected chi connectivity index (χ1v) is 12.0. The third kappa shape index (κ3) is 3.56. The summed E-state index contributed by atoms with van der Waals surface area (Å²) in [4.78, 5) is 31.8. The Morgan fingerprint density at radius 3 is 2.97 bits per heavy atom. The number of carbonyl (C=O) groups is 1. The van der Waals surface area contributed by atoms with Gasteiger partial charge in [-0.1, -0.05) is 6.07 Å². The first-order valence-electron chi connectivity index (χ1n) is 11.2. The number of nitrogens with zero attached hydrogens (tertiary/aromatic N) is 3. The van der Waals surface area contributed by atoms with E-state index in [1.807, 2.05) is 43.5 Å². The fourth-order valence-corrected chi connectivity index (χ4v) is 5.70. The van der Waals surface area contributed by atoms with Crippen molar-refractivity contribution < 1.29 is 18.7 Å². The van der Waals surface area contributed by atoms with Crippen LogP contribution in [-0.4, -0.2) is 40.1 Å². The quantitative estimate of drug-likeness (QED) is 0.413. The van der Waals surface area contributed by atoms with Crippen LogP contribution in [0, 0.1) is 6.92 Å². The molecule has 0 saturated carbocycles. The number of rotatable bonds is 4. The van der Waals surface area contributed by atoms with Gasteiger partial charge in [-0.25, -0.2) is 14.6 Å². The van der Waals surface area contributed by atoms with Crippen molar-refractivity contribution in [2.45, 2.75) is 26.2 Å². The van der Waals surface area contributed by atoms with Gasteiger partial charge in [-0.15, -0.1) is 11.3 Å². The minimum absolute atomic E-state index is 0.0491. The van der Waals surface area contributed by atoms with Crippen LogP contribution in [0.25, 0.3) is 21.7 Å². The molecule has 6 rings (SSSR count). The highest BCUT2D eigenvalue weighted by atomic mass is 32.1. The van der Waals surface area contributed by atoms with E-state index in [4.69, 9.17) is 13.9 Å². The minimum Gasteiger partial charge on any atom is -0.457 e. The van der Waals surface area contributed by atoms with Gasteiger partial charge in [-0.05, 0) is 42.3 Å². The van der Waals surface area contributed by atoms with E-state index in [1.54, 1.807) is 18.4 Å². The van der Waals surface area contributed by atoms with Gasteiger partial charge < -0.3 is 13.9 Å². The molecule has 2 aliphatic heterocycles. The number of oxazole rings is 1. The number of aryl methyl sites for hydroxylation is 1. The molecule has 1 fully saturated rings. The van der Waals surface area contributed by atoms with Crippen molar-refractivity contribution in [3.63, 3.8) is 0 Å². The van der Waals surface area contributed by atoms with Crippen molar-refractivity contribution in [2.75, 3.05) is 19.7 Å². The molecule has 1 saturated heterocycles. The average molecular weight is 478 g/mol. The highest BCUT2D eigenvalue weighted by Gasteiger charge is 2.29. The number of hydrogen-bond acceptors (Lipinski definition) is 8. The molecule has 1 unspecified atom stereocenters. The summed E-state index contributed by atoms with van der Waals surface area (Å²) < 4.78 is 18.0. The number of fused-ring (bicyclic) bond motifs is 2. The smallest absolute Gasteiger partial charge is 0.419 e. The van der Waals surface area contributed by atoms with Crippen LogP contribution in [0.3, 0.4) is 0 Å². The Bertz CT molecular complexity index is 1480. The summed E-state index contributed by atoms with van der Waals surface area (Å²) in [7, 11) is 1.70. The Morgan fingerprint density at radius 2 is 2.09 bits per heavy atom. The summed E-state index contributed by atoms with van der Waals surface area (Å²) in [6.45, 7) is 5.43. The van der Waals surface area contributed by atoms with Gasteiger partial charge in [-0.3, -0.25) is 9.47 Å². The molecule has 0 bridgehead atoms. The maximum atomic E-state index is 11.9. The van der Waals surface area contributed by atoms with Gasteiger partial charge in [0.15, 0.2) is 5.58 Å². The van der Waals surface area contributed by atoms with Gasteiger partial charge >= 0.3 is 11.7 Å². The Morgan fingerprint density at radius 1 is 1.21 bits per heavy atom. The topological polar surface area (TPSA) is 86.8 Å². The summed E-state index contributed by atoms with van der Waals surface area (Å²) in [5.74, 6) is -0.613. The molecule has 4 heterocycles. The molecule has 0 aliphatic carbocycles. The molecule has 9 heteroatoms. The summed E-state index contributed by atoms with van der Waals surface area (Å²) in [5, 5.41) is 0.912. The zero-order valence-electron chi connectivity index (χ0n) is 18.9. The van der Waals surface area contributed by atoms with Crippen LogP contribution in [0.1, 0.15) is 38.0 Å². The third-order valence-corrected chi connectivity index (χ3v) is 7.71. The lowest BCUT2D eigenvalue weighted by atomic mass is 9.94. The fourth-order valence-electron chi connectivity index (χ4n) is 4.74. The van der Waals surface area contributed by atoms with Crippen LogP contribution in [0.4, 0.5) is 0 Å². The molecule has 0 amide bonds. The summed E-state index contributed by atoms with van der Waals surface area (Å²) in [6, 6.07) is 9.55. The number of carbonyl (C=O) groups excluding carboxylic acids is 1. The van der Waals surface area contributed by atoms with E-state index in [1.165, 1.54) is 9.44 Å². The number of hydrogen-bond donors (Lipinski definition) is 0. The molecule has 8 nitrogen and oxygen atoms in total. The number of cyclic esters (lactones) is 1. The fraction of sp³-hybridized carbons (Fsp3) is 0.320. The number of morpholine rings is 1. The summed E-state index contributed by atoms with van der Waals surface area (Å²) in [5.41, 5.74) is 6.13. The second-order valence-electron chi connectivity index (χ2n) is 8.72. The highest BCUT2D eigenvalue weighted by molar-refractivity contribution is 7.15. The van der Waals surface area contributed by atoms with Crippen molar-refractivity contribution in [3.8, 4) is 10.6 Å². The van der Waals surface area contributed by atoms with Gasteiger partial charge in [0.05, 0.1) is 23.8 Å². The van der Waals surface area contributed by atoms with Crippen molar-refractivity contribution >= 4 is 28.4 Å². The molecule has 174 valence electrons. The van der Waals surface area contributed by atoms with Gasteiger partial charge in [-0.2, -0.15) is 0 Å².